The summed E-state index contributed by atoms with van der Waals surface area (Å²) in [5.74, 6) is -0.257. The predicted molar refractivity (Wildman–Crippen MR) is 75.6 cm³/mol. The highest BCUT2D eigenvalue weighted by Crippen LogP contribution is 2.22. The van der Waals surface area contributed by atoms with Gasteiger partial charge in [-0.2, -0.15) is 0 Å². The van der Waals surface area contributed by atoms with Crippen molar-refractivity contribution in [2.45, 2.75) is 13.8 Å². The van der Waals surface area contributed by atoms with Crippen molar-refractivity contribution in [1.82, 2.24) is 4.90 Å². The predicted octanol–water partition coefficient (Wildman–Crippen LogP) is 1.30. The van der Waals surface area contributed by atoms with E-state index in [0.717, 1.165) is 0 Å². The third kappa shape index (κ3) is 3.88. The fourth-order valence-electron chi connectivity index (χ4n) is 1.72. The van der Waals surface area contributed by atoms with Gasteiger partial charge in [-0.05, 0) is 32.0 Å². The average Bonchev–Trinajstić information content (AvgIpc) is 2.45. The number of nitrogens with two attached hydrogens (primary N) is 1. The number of anilines is 1. The molecule has 0 saturated carbocycles. The summed E-state index contributed by atoms with van der Waals surface area (Å²) in [6, 6.07) is 4.77. The van der Waals surface area contributed by atoms with Gasteiger partial charge in [-0.15, -0.1) is 0 Å². The second-order valence-electron chi connectivity index (χ2n) is 4.08. The number of methoxy groups -OCH3 is 1. The topological polar surface area (TPSA) is 81.9 Å². The van der Waals surface area contributed by atoms with E-state index in [1.807, 2.05) is 0 Å². The van der Waals surface area contributed by atoms with Crippen molar-refractivity contribution < 1.29 is 19.1 Å². The number of ether oxygens (including phenoxy) is 2. The Hall–Kier alpha value is -2.24. The molecule has 0 spiro atoms. The van der Waals surface area contributed by atoms with Crippen molar-refractivity contribution in [2.75, 3.05) is 32.5 Å². The first-order valence-electron chi connectivity index (χ1n) is 6.41. The van der Waals surface area contributed by atoms with Gasteiger partial charge < -0.3 is 20.1 Å². The number of nitrogens with zero attached hydrogens (tertiary/aromatic N) is 1. The molecule has 0 heterocycles. The summed E-state index contributed by atoms with van der Waals surface area (Å²) >= 11 is 0. The molecule has 0 aliphatic heterocycles. The summed E-state index contributed by atoms with van der Waals surface area (Å²) in [5.41, 5.74) is 6.58. The molecule has 1 aromatic carbocycles. The van der Waals surface area contributed by atoms with Gasteiger partial charge in [0.05, 0.1) is 19.4 Å². The number of carbonyl (C=O) groups excluding carboxylic acids is 2. The van der Waals surface area contributed by atoms with Crippen LogP contribution in [0.3, 0.4) is 0 Å². The Morgan fingerprint density at radius 2 is 2.00 bits per heavy atom. The van der Waals surface area contributed by atoms with Crippen molar-refractivity contribution in [1.29, 1.82) is 0 Å². The zero-order chi connectivity index (χ0) is 15.1. The Morgan fingerprint density at radius 1 is 1.30 bits per heavy atom. The molecule has 0 unspecified atom stereocenters. The Kier molecular flexibility index (Phi) is 5.83. The zero-order valence-corrected chi connectivity index (χ0v) is 12.0. The van der Waals surface area contributed by atoms with Gasteiger partial charge in [0.2, 0.25) is 0 Å². The van der Waals surface area contributed by atoms with Crippen LogP contribution in [-0.2, 0) is 9.53 Å². The van der Waals surface area contributed by atoms with Gasteiger partial charge in [-0.25, -0.2) is 0 Å². The number of amides is 1. The number of hydrogen-bond donors (Lipinski definition) is 1. The van der Waals surface area contributed by atoms with Crippen molar-refractivity contribution in [2.24, 2.45) is 0 Å². The van der Waals surface area contributed by atoms with Crippen LogP contribution >= 0.6 is 0 Å². The van der Waals surface area contributed by atoms with Gasteiger partial charge in [0.15, 0.2) is 0 Å². The Bertz CT molecular complexity index is 488. The Balaban J connectivity index is 2.88. The fraction of sp³-hybridized carbons (Fsp3) is 0.429. The lowest BCUT2D eigenvalue weighted by Crippen LogP contribution is -2.36. The standard InChI is InChI=1S/C14H20N2O4/c1-4-16(9-13(17)20-5-2)14(18)10-6-7-11(15)12(8-10)19-3/h6-8H,4-5,9,15H2,1-3H3. The van der Waals surface area contributed by atoms with Crippen LogP contribution in [-0.4, -0.2) is 43.6 Å². The minimum atomic E-state index is -0.426. The molecule has 0 aromatic heterocycles. The number of esters is 1. The molecule has 1 rings (SSSR count). The molecule has 0 aliphatic rings. The van der Waals surface area contributed by atoms with E-state index < -0.39 is 5.97 Å². The first kappa shape index (κ1) is 15.8. The molecule has 110 valence electrons. The first-order chi connectivity index (χ1) is 9.53. The molecular weight excluding hydrogens is 260 g/mol. The van der Waals surface area contributed by atoms with Gasteiger partial charge >= 0.3 is 5.97 Å². The zero-order valence-electron chi connectivity index (χ0n) is 12.0. The highest BCUT2D eigenvalue weighted by molar-refractivity contribution is 5.96. The molecule has 1 amide bonds. The number of likely N-dealkylation sites (N-methyl/N-ethyl adjacent to an activating group) is 1. The third-order valence-corrected chi connectivity index (χ3v) is 2.77. The molecule has 0 saturated heterocycles. The van der Waals surface area contributed by atoms with Crippen LogP contribution in [0.1, 0.15) is 24.2 Å². The quantitative estimate of drug-likeness (QED) is 0.627. The number of rotatable bonds is 6. The third-order valence-electron chi connectivity index (χ3n) is 2.77. The summed E-state index contributed by atoms with van der Waals surface area (Å²) in [4.78, 5) is 25.2. The second kappa shape index (κ2) is 7.37. The van der Waals surface area contributed by atoms with Gasteiger partial charge in [-0.3, -0.25) is 9.59 Å². The molecule has 0 atom stereocenters. The molecule has 0 radical (unpaired) electrons. The molecule has 0 bridgehead atoms. The number of nitrogen functional groups attached to an aromatic ring is 1. The summed E-state index contributed by atoms with van der Waals surface area (Å²) in [5, 5.41) is 0. The summed E-state index contributed by atoms with van der Waals surface area (Å²) in [6.45, 7) is 4.15. The highest BCUT2D eigenvalue weighted by atomic mass is 16.5. The lowest BCUT2D eigenvalue weighted by Gasteiger charge is -2.20. The molecule has 1 aromatic rings. The van der Waals surface area contributed by atoms with Crippen LogP contribution < -0.4 is 10.5 Å². The number of hydrogen-bond acceptors (Lipinski definition) is 5. The Morgan fingerprint density at radius 3 is 2.55 bits per heavy atom. The van der Waals surface area contributed by atoms with E-state index in [4.69, 9.17) is 15.2 Å². The van der Waals surface area contributed by atoms with Gasteiger partial charge in [0, 0.05) is 12.1 Å². The minimum Gasteiger partial charge on any atom is -0.495 e. The highest BCUT2D eigenvalue weighted by Gasteiger charge is 2.18. The van der Waals surface area contributed by atoms with Crippen molar-refractivity contribution in [3.05, 3.63) is 23.8 Å². The molecule has 0 aliphatic carbocycles. The molecule has 20 heavy (non-hydrogen) atoms. The van der Waals surface area contributed by atoms with E-state index >= 15 is 0 Å². The monoisotopic (exact) mass is 280 g/mol. The lowest BCUT2D eigenvalue weighted by molar-refractivity contribution is -0.143. The van der Waals surface area contributed by atoms with E-state index in [1.165, 1.54) is 12.0 Å². The van der Waals surface area contributed by atoms with Crippen LogP contribution in [0.25, 0.3) is 0 Å². The Labute approximate surface area is 118 Å². The van der Waals surface area contributed by atoms with Gasteiger partial charge in [0.25, 0.3) is 5.91 Å². The van der Waals surface area contributed by atoms with Crippen molar-refractivity contribution in [3.8, 4) is 5.75 Å². The summed E-state index contributed by atoms with van der Waals surface area (Å²) in [6.07, 6.45) is 0. The largest absolute Gasteiger partial charge is 0.495 e. The van der Waals surface area contributed by atoms with Gasteiger partial charge in [0.1, 0.15) is 12.3 Å². The minimum absolute atomic E-state index is 0.0735. The second-order valence-corrected chi connectivity index (χ2v) is 4.08. The van der Waals surface area contributed by atoms with Crippen LogP contribution in [0.15, 0.2) is 18.2 Å². The summed E-state index contributed by atoms with van der Waals surface area (Å²) < 4.78 is 9.93. The SMILES string of the molecule is CCOC(=O)CN(CC)C(=O)c1ccc(N)c(OC)c1. The van der Waals surface area contributed by atoms with E-state index in [1.54, 1.807) is 32.0 Å². The maximum absolute atomic E-state index is 12.3. The van der Waals surface area contributed by atoms with E-state index in [-0.39, 0.29) is 12.5 Å². The molecule has 2 N–H and O–H groups in total. The van der Waals surface area contributed by atoms with Crippen LogP contribution in [0.5, 0.6) is 5.75 Å². The van der Waals surface area contributed by atoms with E-state index in [9.17, 15) is 9.59 Å². The average molecular weight is 280 g/mol. The molecule has 0 fully saturated rings. The molecular formula is C14H20N2O4. The van der Waals surface area contributed by atoms with Crippen LogP contribution in [0.2, 0.25) is 0 Å². The van der Waals surface area contributed by atoms with E-state index in [0.29, 0.717) is 30.2 Å². The fourth-order valence-corrected chi connectivity index (χ4v) is 1.72. The van der Waals surface area contributed by atoms with Crippen molar-refractivity contribution in [3.63, 3.8) is 0 Å². The van der Waals surface area contributed by atoms with E-state index in [2.05, 4.69) is 0 Å². The number of carbonyl (C=O) groups is 2. The maximum Gasteiger partial charge on any atom is 0.325 e. The number of benzene rings is 1. The molecule has 6 nitrogen and oxygen atoms in total. The van der Waals surface area contributed by atoms with Crippen LogP contribution in [0.4, 0.5) is 5.69 Å². The maximum atomic E-state index is 12.3. The van der Waals surface area contributed by atoms with Crippen molar-refractivity contribution >= 4 is 17.6 Å². The summed E-state index contributed by atoms with van der Waals surface area (Å²) in [7, 11) is 1.48. The normalized spacial score (nSPS) is 9.95. The van der Waals surface area contributed by atoms with Crippen LogP contribution in [0, 0.1) is 0 Å². The smallest absolute Gasteiger partial charge is 0.325 e. The molecule has 6 heteroatoms. The van der Waals surface area contributed by atoms with Gasteiger partial charge in [-0.1, -0.05) is 0 Å². The lowest BCUT2D eigenvalue weighted by atomic mass is 10.1. The first-order valence-corrected chi connectivity index (χ1v) is 6.41.